The van der Waals surface area contributed by atoms with Gasteiger partial charge in [0.1, 0.15) is 0 Å². The molecule has 0 radical (unpaired) electrons. The van der Waals surface area contributed by atoms with Gasteiger partial charge in [-0.2, -0.15) is 0 Å². The number of ether oxygens (including phenoxy) is 1. The van der Waals surface area contributed by atoms with Crippen LogP contribution in [-0.4, -0.2) is 69.3 Å². The second kappa shape index (κ2) is 13.9. The third-order valence-corrected chi connectivity index (χ3v) is 3.94. The fourth-order valence-corrected chi connectivity index (χ4v) is 2.51. The third-order valence-electron chi connectivity index (χ3n) is 3.11. The zero-order chi connectivity index (χ0) is 16.2. The summed E-state index contributed by atoms with van der Waals surface area (Å²) in [6.07, 6.45) is 0.919. The molecule has 0 aromatic carbocycles. The first-order chi connectivity index (χ1) is 10.7. The van der Waals surface area contributed by atoms with Crippen LogP contribution in [0.5, 0.6) is 0 Å². The number of nitrogens with zero attached hydrogens (tertiary/aromatic N) is 3. The average molecular weight is 455 g/mol. The number of halogens is 1. The molecular formula is C15H30IN5OS. The molecule has 6 nitrogen and oxygen atoms in total. The minimum absolute atomic E-state index is 0. The van der Waals surface area contributed by atoms with Gasteiger partial charge in [-0.15, -0.1) is 35.3 Å². The molecule has 1 rings (SSSR count). The van der Waals surface area contributed by atoms with E-state index >= 15 is 0 Å². The summed E-state index contributed by atoms with van der Waals surface area (Å²) >= 11 is 1.70. The molecule has 0 fully saturated rings. The lowest BCUT2D eigenvalue weighted by Gasteiger charge is -2.15. The number of methoxy groups -OCH3 is 1. The summed E-state index contributed by atoms with van der Waals surface area (Å²) in [5.41, 5.74) is 1.14. The Balaban J connectivity index is 0.00000484. The highest BCUT2D eigenvalue weighted by molar-refractivity contribution is 14.0. The summed E-state index contributed by atoms with van der Waals surface area (Å²) in [7, 11) is 3.81. The number of aliphatic imine (C=N–C) groups is 1. The van der Waals surface area contributed by atoms with Crippen LogP contribution < -0.4 is 10.6 Å². The molecule has 134 valence electrons. The van der Waals surface area contributed by atoms with Gasteiger partial charge in [0, 0.05) is 45.1 Å². The molecule has 0 saturated heterocycles. The zero-order valence-electron chi connectivity index (χ0n) is 14.6. The predicted octanol–water partition coefficient (Wildman–Crippen LogP) is 1.75. The topological polar surface area (TPSA) is 61.8 Å². The van der Waals surface area contributed by atoms with Gasteiger partial charge >= 0.3 is 0 Å². The second-order valence-corrected chi connectivity index (χ2v) is 6.15. The van der Waals surface area contributed by atoms with Crippen LogP contribution in [0, 0.1) is 6.92 Å². The van der Waals surface area contributed by atoms with E-state index in [1.165, 1.54) is 0 Å². The molecule has 0 aliphatic carbocycles. The smallest absolute Gasteiger partial charge is 0.191 e. The molecule has 1 aromatic rings. The van der Waals surface area contributed by atoms with Crippen LogP contribution in [0.4, 0.5) is 0 Å². The van der Waals surface area contributed by atoms with Crippen molar-refractivity contribution in [1.82, 2.24) is 20.5 Å². The monoisotopic (exact) mass is 455 g/mol. The van der Waals surface area contributed by atoms with Crippen molar-refractivity contribution in [3.63, 3.8) is 0 Å². The van der Waals surface area contributed by atoms with Gasteiger partial charge in [-0.05, 0) is 20.9 Å². The summed E-state index contributed by atoms with van der Waals surface area (Å²) in [6.45, 7) is 9.19. The van der Waals surface area contributed by atoms with Gasteiger partial charge in [-0.1, -0.05) is 0 Å². The Bertz CT molecular complexity index is 441. The van der Waals surface area contributed by atoms with Gasteiger partial charge < -0.3 is 20.3 Å². The quantitative estimate of drug-likeness (QED) is 0.320. The summed E-state index contributed by atoms with van der Waals surface area (Å²) in [4.78, 5) is 11.3. The minimum atomic E-state index is 0. The van der Waals surface area contributed by atoms with Crippen LogP contribution in [0.3, 0.4) is 0 Å². The molecule has 0 atom stereocenters. The molecule has 0 amide bonds. The third kappa shape index (κ3) is 10.9. The minimum Gasteiger partial charge on any atom is -0.383 e. The molecule has 0 spiro atoms. The van der Waals surface area contributed by atoms with Crippen LogP contribution in [0.15, 0.2) is 10.4 Å². The van der Waals surface area contributed by atoms with Crippen molar-refractivity contribution in [2.45, 2.75) is 20.3 Å². The summed E-state index contributed by atoms with van der Waals surface area (Å²) in [5, 5.41) is 9.86. The normalized spacial score (nSPS) is 11.4. The number of likely N-dealkylation sites (N-methyl/N-ethyl adjacent to an activating group) is 1. The first-order valence-corrected chi connectivity index (χ1v) is 8.64. The Labute approximate surface area is 161 Å². The Morgan fingerprint density at radius 2 is 2.17 bits per heavy atom. The number of nitrogens with one attached hydrogen (secondary N) is 2. The zero-order valence-corrected chi connectivity index (χ0v) is 17.7. The molecule has 0 bridgehead atoms. The fourth-order valence-electron chi connectivity index (χ4n) is 1.87. The Kier molecular flexibility index (Phi) is 13.7. The van der Waals surface area contributed by atoms with E-state index in [2.05, 4.69) is 44.9 Å². The Hall–Kier alpha value is -0.450. The molecule has 23 heavy (non-hydrogen) atoms. The van der Waals surface area contributed by atoms with Crippen molar-refractivity contribution in [2.24, 2.45) is 4.99 Å². The number of rotatable bonds is 10. The van der Waals surface area contributed by atoms with Gasteiger partial charge in [0.15, 0.2) is 5.96 Å². The van der Waals surface area contributed by atoms with Crippen LogP contribution in [-0.2, 0) is 11.2 Å². The van der Waals surface area contributed by atoms with E-state index in [4.69, 9.17) is 4.74 Å². The number of thiazole rings is 1. The van der Waals surface area contributed by atoms with E-state index in [0.29, 0.717) is 0 Å². The van der Waals surface area contributed by atoms with Gasteiger partial charge in [-0.3, -0.25) is 4.99 Å². The van der Waals surface area contributed by atoms with Crippen molar-refractivity contribution in [3.05, 3.63) is 16.1 Å². The lowest BCUT2D eigenvalue weighted by molar-refractivity contribution is 0.163. The molecule has 0 aliphatic rings. The summed E-state index contributed by atoms with van der Waals surface area (Å²) < 4.78 is 5.07. The molecule has 8 heteroatoms. The van der Waals surface area contributed by atoms with Crippen molar-refractivity contribution in [1.29, 1.82) is 0 Å². The molecule has 1 aromatic heterocycles. The van der Waals surface area contributed by atoms with E-state index < -0.39 is 0 Å². The molecule has 1 heterocycles. The van der Waals surface area contributed by atoms with Gasteiger partial charge in [-0.25, -0.2) is 4.98 Å². The standard InChI is InChI=1S/C15H29N5OS.HI/c1-5-16-15(18-8-9-20(3)10-11-21-4)17-7-6-14-12-22-13(2)19-14;/h12H,5-11H2,1-4H3,(H2,16,17,18);1H. The lowest BCUT2D eigenvalue weighted by atomic mass is 10.3. The summed E-state index contributed by atoms with van der Waals surface area (Å²) in [5.74, 6) is 0.870. The van der Waals surface area contributed by atoms with Crippen molar-refractivity contribution < 1.29 is 4.74 Å². The van der Waals surface area contributed by atoms with Crippen LogP contribution >= 0.6 is 35.3 Å². The van der Waals surface area contributed by atoms with Crippen LogP contribution in [0.25, 0.3) is 0 Å². The first-order valence-electron chi connectivity index (χ1n) is 7.76. The predicted molar refractivity (Wildman–Crippen MR) is 109 cm³/mol. The SMILES string of the molecule is CCNC(=NCCN(C)CCOC)NCCc1csc(C)n1.I. The molecule has 0 unspecified atom stereocenters. The maximum Gasteiger partial charge on any atom is 0.191 e. The van der Waals surface area contributed by atoms with Gasteiger partial charge in [0.2, 0.25) is 0 Å². The van der Waals surface area contributed by atoms with E-state index in [0.717, 1.165) is 62.4 Å². The van der Waals surface area contributed by atoms with E-state index in [-0.39, 0.29) is 24.0 Å². The number of hydrogen-bond donors (Lipinski definition) is 2. The largest absolute Gasteiger partial charge is 0.383 e. The van der Waals surface area contributed by atoms with Crippen molar-refractivity contribution >= 4 is 41.3 Å². The Morgan fingerprint density at radius 1 is 1.39 bits per heavy atom. The number of hydrogen-bond acceptors (Lipinski definition) is 5. The van der Waals surface area contributed by atoms with Gasteiger partial charge in [0.05, 0.1) is 23.9 Å². The molecule has 0 saturated carbocycles. The highest BCUT2D eigenvalue weighted by atomic mass is 127. The van der Waals surface area contributed by atoms with E-state index in [1.54, 1.807) is 18.4 Å². The van der Waals surface area contributed by atoms with Crippen molar-refractivity contribution in [2.75, 3.05) is 53.5 Å². The highest BCUT2D eigenvalue weighted by Crippen LogP contribution is 2.07. The second-order valence-electron chi connectivity index (χ2n) is 5.09. The van der Waals surface area contributed by atoms with Gasteiger partial charge in [0.25, 0.3) is 0 Å². The molecular weight excluding hydrogens is 425 g/mol. The molecule has 2 N–H and O–H groups in total. The van der Waals surface area contributed by atoms with Crippen LogP contribution in [0.1, 0.15) is 17.6 Å². The maximum atomic E-state index is 5.07. The summed E-state index contributed by atoms with van der Waals surface area (Å²) in [6, 6.07) is 0. The molecule has 0 aliphatic heterocycles. The average Bonchev–Trinajstić information content (AvgIpc) is 2.90. The highest BCUT2D eigenvalue weighted by Gasteiger charge is 2.01. The number of aromatic nitrogens is 1. The maximum absolute atomic E-state index is 5.07. The fraction of sp³-hybridized carbons (Fsp3) is 0.733. The van der Waals surface area contributed by atoms with Crippen LogP contribution in [0.2, 0.25) is 0 Å². The van der Waals surface area contributed by atoms with E-state index in [1.807, 2.05) is 6.92 Å². The lowest BCUT2D eigenvalue weighted by Crippen LogP contribution is -2.39. The number of aryl methyl sites for hydroxylation is 1. The number of guanidine groups is 1. The Morgan fingerprint density at radius 3 is 2.78 bits per heavy atom. The van der Waals surface area contributed by atoms with Crippen molar-refractivity contribution in [3.8, 4) is 0 Å². The van der Waals surface area contributed by atoms with E-state index in [9.17, 15) is 0 Å². The first kappa shape index (κ1) is 22.6.